The second kappa shape index (κ2) is 7.94. The van der Waals surface area contributed by atoms with Gasteiger partial charge in [-0.25, -0.2) is 0 Å². The molecule has 1 amide bonds. The molecule has 1 atom stereocenters. The van der Waals surface area contributed by atoms with Crippen molar-refractivity contribution in [3.63, 3.8) is 0 Å². The summed E-state index contributed by atoms with van der Waals surface area (Å²) in [7, 11) is 0. The molecule has 2 heterocycles. The lowest BCUT2D eigenvalue weighted by atomic mass is 9.94. The van der Waals surface area contributed by atoms with E-state index in [2.05, 4.69) is 48.3 Å². The second-order valence-corrected chi connectivity index (χ2v) is 7.62. The first-order valence-corrected chi connectivity index (χ1v) is 9.47. The summed E-state index contributed by atoms with van der Waals surface area (Å²) in [5, 5.41) is 7.37. The maximum Gasteiger partial charge on any atom is 0.260 e. The normalized spacial score (nSPS) is 17.6. The average molecular weight is 355 g/mol. The predicted octanol–water partition coefficient (Wildman–Crippen LogP) is 3.93. The van der Waals surface area contributed by atoms with Crippen LogP contribution >= 0.6 is 0 Å². The van der Waals surface area contributed by atoms with Crippen molar-refractivity contribution in [3.05, 3.63) is 46.8 Å². The van der Waals surface area contributed by atoms with E-state index in [0.717, 1.165) is 48.6 Å². The van der Waals surface area contributed by atoms with Crippen molar-refractivity contribution in [2.24, 2.45) is 0 Å². The topological polar surface area (TPSA) is 58.2 Å². The summed E-state index contributed by atoms with van der Waals surface area (Å²) in [6, 6.07) is 8.32. The molecule has 5 nitrogen and oxygen atoms in total. The van der Waals surface area contributed by atoms with E-state index in [1.165, 1.54) is 5.56 Å². The molecule has 2 aromatic rings. The van der Waals surface area contributed by atoms with Gasteiger partial charge < -0.3 is 9.64 Å². The molecule has 1 N–H and O–H groups in total. The SMILES string of the molecule is Cc1cc([C@@H]2CCCN(C(=O)COc3cc(C(C)C)ccc3C)C2)n[nH]1. The highest BCUT2D eigenvalue weighted by Gasteiger charge is 2.26. The number of amides is 1. The van der Waals surface area contributed by atoms with Gasteiger partial charge in [0, 0.05) is 24.7 Å². The fraction of sp³-hybridized carbons (Fsp3) is 0.524. The van der Waals surface area contributed by atoms with E-state index >= 15 is 0 Å². The zero-order chi connectivity index (χ0) is 18.7. The van der Waals surface area contributed by atoms with Crippen LogP contribution in [0.15, 0.2) is 24.3 Å². The molecular formula is C21H29N3O2. The van der Waals surface area contributed by atoms with Crippen LogP contribution in [-0.2, 0) is 4.79 Å². The van der Waals surface area contributed by atoms with E-state index in [9.17, 15) is 4.79 Å². The number of carbonyl (C=O) groups excluding carboxylic acids is 1. The summed E-state index contributed by atoms with van der Waals surface area (Å²) < 4.78 is 5.87. The van der Waals surface area contributed by atoms with Crippen LogP contribution in [0.3, 0.4) is 0 Å². The van der Waals surface area contributed by atoms with Gasteiger partial charge in [0.05, 0.1) is 5.69 Å². The lowest BCUT2D eigenvalue weighted by molar-refractivity contribution is -0.134. The monoisotopic (exact) mass is 355 g/mol. The largest absolute Gasteiger partial charge is 0.483 e. The van der Waals surface area contributed by atoms with Gasteiger partial charge in [0.2, 0.25) is 0 Å². The lowest BCUT2D eigenvalue weighted by Crippen LogP contribution is -2.41. The van der Waals surface area contributed by atoms with Gasteiger partial charge in [-0.15, -0.1) is 0 Å². The minimum Gasteiger partial charge on any atom is -0.483 e. The molecule has 26 heavy (non-hydrogen) atoms. The molecule has 0 radical (unpaired) electrons. The van der Waals surface area contributed by atoms with Crippen LogP contribution in [0, 0.1) is 13.8 Å². The summed E-state index contributed by atoms with van der Waals surface area (Å²) in [5.41, 5.74) is 4.41. The molecule has 1 aliphatic heterocycles. The number of ether oxygens (including phenoxy) is 1. The predicted molar refractivity (Wildman–Crippen MR) is 103 cm³/mol. The zero-order valence-corrected chi connectivity index (χ0v) is 16.2. The highest BCUT2D eigenvalue weighted by Crippen LogP contribution is 2.27. The number of piperidine rings is 1. The van der Waals surface area contributed by atoms with Crippen LogP contribution in [0.2, 0.25) is 0 Å². The van der Waals surface area contributed by atoms with Crippen LogP contribution in [0.4, 0.5) is 0 Å². The van der Waals surface area contributed by atoms with Gasteiger partial charge in [-0.3, -0.25) is 9.89 Å². The van der Waals surface area contributed by atoms with E-state index in [4.69, 9.17) is 4.74 Å². The van der Waals surface area contributed by atoms with Gasteiger partial charge in [-0.1, -0.05) is 26.0 Å². The molecule has 0 bridgehead atoms. The van der Waals surface area contributed by atoms with E-state index < -0.39 is 0 Å². The Labute approximate surface area is 155 Å². The van der Waals surface area contributed by atoms with E-state index in [1.54, 1.807) is 0 Å². The summed E-state index contributed by atoms with van der Waals surface area (Å²) in [6.07, 6.45) is 2.08. The zero-order valence-electron chi connectivity index (χ0n) is 16.2. The molecule has 0 aliphatic carbocycles. The van der Waals surface area contributed by atoms with Crippen molar-refractivity contribution in [3.8, 4) is 5.75 Å². The van der Waals surface area contributed by atoms with Crippen molar-refractivity contribution < 1.29 is 9.53 Å². The average Bonchev–Trinajstić information content (AvgIpc) is 3.07. The molecule has 0 spiro atoms. The van der Waals surface area contributed by atoms with E-state index in [-0.39, 0.29) is 12.5 Å². The number of hydrogen-bond donors (Lipinski definition) is 1. The van der Waals surface area contributed by atoms with Crippen LogP contribution in [0.1, 0.15) is 61.0 Å². The number of aromatic amines is 1. The Balaban J connectivity index is 1.60. The molecule has 140 valence electrons. The first-order chi connectivity index (χ1) is 12.4. The molecule has 0 saturated carbocycles. The third kappa shape index (κ3) is 4.26. The van der Waals surface area contributed by atoms with Gasteiger partial charge >= 0.3 is 0 Å². The van der Waals surface area contributed by atoms with Crippen molar-refractivity contribution in [1.82, 2.24) is 15.1 Å². The number of likely N-dealkylation sites (tertiary alicyclic amines) is 1. The molecular weight excluding hydrogens is 326 g/mol. The number of nitrogens with zero attached hydrogens (tertiary/aromatic N) is 2. The van der Waals surface area contributed by atoms with Gasteiger partial charge in [-0.2, -0.15) is 5.10 Å². The second-order valence-electron chi connectivity index (χ2n) is 7.62. The molecule has 0 unspecified atom stereocenters. The fourth-order valence-electron chi connectivity index (χ4n) is 3.46. The van der Waals surface area contributed by atoms with Crippen LogP contribution in [0.5, 0.6) is 5.75 Å². The number of rotatable bonds is 5. The van der Waals surface area contributed by atoms with Gasteiger partial charge in [0.1, 0.15) is 5.75 Å². The standard InChI is InChI=1S/C21H29N3O2/c1-14(2)17-8-7-15(3)20(11-17)26-13-21(25)24-9-5-6-18(12-24)19-10-16(4)22-23-19/h7-8,10-11,14,18H,5-6,9,12-13H2,1-4H3,(H,22,23)/t18-/m1/s1. The van der Waals surface area contributed by atoms with Crippen molar-refractivity contribution in [2.45, 2.75) is 52.4 Å². The van der Waals surface area contributed by atoms with Crippen molar-refractivity contribution in [1.29, 1.82) is 0 Å². The molecule has 5 heteroatoms. The number of hydrogen-bond acceptors (Lipinski definition) is 3. The first-order valence-electron chi connectivity index (χ1n) is 9.47. The fourth-order valence-corrected chi connectivity index (χ4v) is 3.46. The van der Waals surface area contributed by atoms with Crippen LogP contribution in [-0.4, -0.2) is 40.7 Å². The molecule has 1 aromatic carbocycles. The Kier molecular flexibility index (Phi) is 5.64. The highest BCUT2D eigenvalue weighted by molar-refractivity contribution is 5.78. The van der Waals surface area contributed by atoms with Gasteiger partial charge in [-0.05, 0) is 55.9 Å². The first kappa shape index (κ1) is 18.5. The number of benzene rings is 1. The van der Waals surface area contributed by atoms with Gasteiger partial charge in [0.25, 0.3) is 5.91 Å². The van der Waals surface area contributed by atoms with E-state index in [0.29, 0.717) is 11.8 Å². The number of nitrogens with one attached hydrogen (secondary N) is 1. The summed E-state index contributed by atoms with van der Waals surface area (Å²) in [6.45, 7) is 9.94. The molecule has 1 aromatic heterocycles. The number of aromatic nitrogens is 2. The Morgan fingerprint density at radius 1 is 1.35 bits per heavy atom. The maximum atomic E-state index is 12.7. The third-order valence-electron chi connectivity index (χ3n) is 5.15. The molecule has 1 saturated heterocycles. The molecule has 3 rings (SSSR count). The number of carbonyl (C=O) groups is 1. The van der Waals surface area contributed by atoms with E-state index in [1.807, 2.05) is 18.7 Å². The van der Waals surface area contributed by atoms with Crippen molar-refractivity contribution in [2.75, 3.05) is 19.7 Å². The Bertz CT molecular complexity index is 766. The Morgan fingerprint density at radius 2 is 2.15 bits per heavy atom. The number of aryl methyl sites for hydroxylation is 2. The highest BCUT2D eigenvalue weighted by atomic mass is 16.5. The summed E-state index contributed by atoms with van der Waals surface area (Å²) in [4.78, 5) is 14.6. The molecule has 1 aliphatic rings. The van der Waals surface area contributed by atoms with Crippen molar-refractivity contribution >= 4 is 5.91 Å². The minimum absolute atomic E-state index is 0.0521. The third-order valence-corrected chi connectivity index (χ3v) is 5.15. The number of H-pyrrole nitrogens is 1. The Morgan fingerprint density at radius 3 is 2.85 bits per heavy atom. The maximum absolute atomic E-state index is 12.7. The van der Waals surface area contributed by atoms with Crippen LogP contribution < -0.4 is 4.74 Å². The lowest BCUT2D eigenvalue weighted by Gasteiger charge is -2.32. The smallest absolute Gasteiger partial charge is 0.260 e. The minimum atomic E-state index is 0.0521. The quantitative estimate of drug-likeness (QED) is 0.884. The van der Waals surface area contributed by atoms with Gasteiger partial charge in [0.15, 0.2) is 6.61 Å². The Hall–Kier alpha value is -2.30. The van der Waals surface area contributed by atoms with Crippen LogP contribution in [0.25, 0.3) is 0 Å². The summed E-state index contributed by atoms with van der Waals surface area (Å²) >= 11 is 0. The molecule has 1 fully saturated rings. The summed E-state index contributed by atoms with van der Waals surface area (Å²) in [5.74, 6) is 1.61.